The fourth-order valence-corrected chi connectivity index (χ4v) is 5.22. The third kappa shape index (κ3) is 4.70. The van der Waals surface area contributed by atoms with Crippen molar-refractivity contribution in [1.82, 2.24) is 19.4 Å². The average molecular weight is 443 g/mol. The van der Waals surface area contributed by atoms with Gasteiger partial charge in [0.25, 0.3) is 0 Å². The molecule has 31 heavy (non-hydrogen) atoms. The second kappa shape index (κ2) is 8.89. The van der Waals surface area contributed by atoms with E-state index in [1.807, 2.05) is 36.5 Å². The molecule has 8 nitrogen and oxygen atoms in total. The van der Waals surface area contributed by atoms with E-state index in [-0.39, 0.29) is 24.5 Å². The van der Waals surface area contributed by atoms with E-state index in [9.17, 15) is 18.6 Å². The first-order valence-electron chi connectivity index (χ1n) is 10.1. The fraction of sp³-hybridized carbons (Fsp3) is 0.318. The molecule has 0 aliphatic carbocycles. The van der Waals surface area contributed by atoms with Crippen molar-refractivity contribution < 1.29 is 18.6 Å². The molecule has 0 amide bonds. The van der Waals surface area contributed by atoms with E-state index in [1.54, 1.807) is 29.1 Å². The molecule has 2 aromatic carbocycles. The molecule has 4 rings (SSSR count). The zero-order valence-corrected chi connectivity index (χ0v) is 17.8. The van der Waals surface area contributed by atoms with Crippen LogP contribution in [0.25, 0.3) is 5.69 Å². The van der Waals surface area contributed by atoms with E-state index in [0.29, 0.717) is 13.0 Å². The molecular weight excluding hydrogens is 416 g/mol. The van der Waals surface area contributed by atoms with Crippen LogP contribution < -0.4 is 5.32 Å². The Morgan fingerprint density at radius 1 is 1.10 bits per heavy atom. The predicted octanol–water partition coefficient (Wildman–Crippen LogP) is 0.801. The topological polar surface area (TPSA) is 108 Å². The molecule has 1 aliphatic heterocycles. The Hall–Kier alpha value is -2.56. The SMILES string of the molecule is O=S(=O)(c1ccccc1)N1C[C@@H](O)[C@](O)(CNCCc2cnn(-c3ccccc3)c2)C1. The van der Waals surface area contributed by atoms with E-state index in [4.69, 9.17) is 0 Å². The summed E-state index contributed by atoms with van der Waals surface area (Å²) >= 11 is 0. The van der Waals surface area contributed by atoms with Crippen LogP contribution in [-0.2, 0) is 16.4 Å². The first kappa shape index (κ1) is 21.7. The minimum Gasteiger partial charge on any atom is -0.389 e. The number of hydrogen-bond donors (Lipinski definition) is 3. The second-order valence-electron chi connectivity index (χ2n) is 7.79. The highest BCUT2D eigenvalue weighted by atomic mass is 32.2. The van der Waals surface area contributed by atoms with Crippen molar-refractivity contribution >= 4 is 10.0 Å². The number of sulfonamides is 1. The van der Waals surface area contributed by atoms with Gasteiger partial charge in [-0.05, 0) is 42.8 Å². The van der Waals surface area contributed by atoms with Crippen molar-refractivity contribution in [3.8, 4) is 5.69 Å². The molecule has 0 radical (unpaired) electrons. The lowest BCUT2D eigenvalue weighted by molar-refractivity contribution is -0.0380. The van der Waals surface area contributed by atoms with Gasteiger partial charge in [0, 0.05) is 25.8 Å². The van der Waals surface area contributed by atoms with E-state index < -0.39 is 21.7 Å². The van der Waals surface area contributed by atoms with Crippen LogP contribution >= 0.6 is 0 Å². The maximum Gasteiger partial charge on any atom is 0.243 e. The summed E-state index contributed by atoms with van der Waals surface area (Å²) < 4.78 is 28.5. The maximum atomic E-state index is 12.8. The van der Waals surface area contributed by atoms with Crippen LogP contribution in [-0.4, -0.2) is 70.6 Å². The molecule has 9 heteroatoms. The third-order valence-corrected chi connectivity index (χ3v) is 7.33. The van der Waals surface area contributed by atoms with E-state index in [2.05, 4.69) is 10.4 Å². The Morgan fingerprint density at radius 2 is 1.77 bits per heavy atom. The molecule has 1 fully saturated rings. The lowest BCUT2D eigenvalue weighted by Gasteiger charge is -2.26. The van der Waals surface area contributed by atoms with Gasteiger partial charge >= 0.3 is 0 Å². The number of β-amino-alcohol motifs (C(OH)–C–C–N with tert-alkyl or cyclic N) is 2. The molecule has 3 aromatic rings. The monoisotopic (exact) mass is 442 g/mol. The molecule has 2 heterocycles. The normalized spacial score (nSPS) is 22.1. The zero-order chi connectivity index (χ0) is 21.9. The molecule has 164 valence electrons. The first-order chi connectivity index (χ1) is 14.9. The summed E-state index contributed by atoms with van der Waals surface area (Å²) in [5, 5.41) is 28.7. The quantitative estimate of drug-likeness (QED) is 0.446. The minimum atomic E-state index is -3.77. The molecule has 1 aliphatic rings. The number of benzene rings is 2. The van der Waals surface area contributed by atoms with Crippen LogP contribution in [0.4, 0.5) is 0 Å². The zero-order valence-electron chi connectivity index (χ0n) is 17.0. The van der Waals surface area contributed by atoms with Crippen LogP contribution in [0.1, 0.15) is 5.56 Å². The molecule has 0 spiro atoms. The summed E-state index contributed by atoms with van der Waals surface area (Å²) in [5.41, 5.74) is 0.462. The van der Waals surface area contributed by atoms with Gasteiger partial charge in [-0.2, -0.15) is 9.40 Å². The molecule has 2 atom stereocenters. The van der Waals surface area contributed by atoms with Gasteiger partial charge in [0.2, 0.25) is 10.0 Å². The Kier molecular flexibility index (Phi) is 6.22. The van der Waals surface area contributed by atoms with Gasteiger partial charge in [-0.25, -0.2) is 13.1 Å². The van der Waals surface area contributed by atoms with Crippen molar-refractivity contribution in [2.45, 2.75) is 23.0 Å². The predicted molar refractivity (Wildman–Crippen MR) is 116 cm³/mol. The van der Waals surface area contributed by atoms with Crippen LogP contribution in [0.5, 0.6) is 0 Å². The number of para-hydroxylation sites is 1. The minimum absolute atomic E-state index is 0.0851. The lowest BCUT2D eigenvalue weighted by atomic mass is 10.0. The highest BCUT2D eigenvalue weighted by Gasteiger charge is 2.48. The van der Waals surface area contributed by atoms with Crippen LogP contribution in [0.15, 0.2) is 78.0 Å². The van der Waals surface area contributed by atoms with Crippen molar-refractivity contribution in [1.29, 1.82) is 0 Å². The van der Waals surface area contributed by atoms with Crippen molar-refractivity contribution in [2.24, 2.45) is 0 Å². The Balaban J connectivity index is 1.31. The average Bonchev–Trinajstić information content (AvgIpc) is 3.38. The summed E-state index contributed by atoms with van der Waals surface area (Å²) in [6.45, 7) is 0.340. The van der Waals surface area contributed by atoms with Gasteiger partial charge in [0.15, 0.2) is 0 Å². The smallest absolute Gasteiger partial charge is 0.243 e. The molecule has 1 saturated heterocycles. The van der Waals surface area contributed by atoms with Crippen molar-refractivity contribution in [2.75, 3.05) is 26.2 Å². The number of aliphatic hydroxyl groups is 2. The Labute approximate surface area is 181 Å². The molecule has 1 aromatic heterocycles. The fourth-order valence-electron chi connectivity index (χ4n) is 3.69. The van der Waals surface area contributed by atoms with E-state index >= 15 is 0 Å². The number of aliphatic hydroxyl groups excluding tert-OH is 1. The largest absolute Gasteiger partial charge is 0.389 e. The number of rotatable bonds is 8. The van der Waals surface area contributed by atoms with Crippen molar-refractivity contribution in [3.63, 3.8) is 0 Å². The summed E-state index contributed by atoms with van der Waals surface area (Å²) in [7, 11) is -3.77. The summed E-state index contributed by atoms with van der Waals surface area (Å²) in [4.78, 5) is 0.148. The van der Waals surface area contributed by atoms with Gasteiger partial charge in [-0.3, -0.25) is 0 Å². The summed E-state index contributed by atoms with van der Waals surface area (Å²) in [6.07, 6.45) is 3.26. The molecular formula is C22H26N4O4S. The van der Waals surface area contributed by atoms with Gasteiger partial charge in [0.05, 0.1) is 22.9 Å². The van der Waals surface area contributed by atoms with Gasteiger partial charge in [0.1, 0.15) is 5.60 Å². The summed E-state index contributed by atoms with van der Waals surface area (Å²) in [5.74, 6) is 0. The van der Waals surface area contributed by atoms with Crippen LogP contribution in [0, 0.1) is 0 Å². The lowest BCUT2D eigenvalue weighted by Crippen LogP contribution is -2.50. The first-order valence-corrected chi connectivity index (χ1v) is 11.6. The number of aromatic nitrogens is 2. The van der Waals surface area contributed by atoms with Crippen LogP contribution in [0.2, 0.25) is 0 Å². The molecule has 0 unspecified atom stereocenters. The molecule has 0 saturated carbocycles. The third-order valence-electron chi connectivity index (χ3n) is 5.51. The Morgan fingerprint density at radius 3 is 2.48 bits per heavy atom. The number of hydrogen-bond acceptors (Lipinski definition) is 6. The van der Waals surface area contributed by atoms with E-state index in [0.717, 1.165) is 15.6 Å². The highest BCUT2D eigenvalue weighted by Crippen LogP contribution is 2.27. The standard InChI is InChI=1S/C22H26N4O4S/c27-21-15-25(31(29,30)20-9-5-2-6-10-20)17-22(21,28)16-23-12-11-18-13-24-26(14-18)19-7-3-1-4-8-19/h1-10,13-14,21,23,27-28H,11-12,15-17H2/t21-,22+/m1/s1. The van der Waals surface area contributed by atoms with Crippen LogP contribution in [0.3, 0.4) is 0 Å². The highest BCUT2D eigenvalue weighted by molar-refractivity contribution is 7.89. The molecule has 3 N–H and O–H groups in total. The van der Waals surface area contributed by atoms with Gasteiger partial charge in [-0.15, -0.1) is 0 Å². The van der Waals surface area contributed by atoms with E-state index in [1.165, 1.54) is 12.1 Å². The maximum absolute atomic E-state index is 12.8. The number of nitrogens with one attached hydrogen (secondary N) is 1. The second-order valence-corrected chi connectivity index (χ2v) is 9.72. The van der Waals surface area contributed by atoms with Gasteiger partial charge < -0.3 is 15.5 Å². The number of nitrogens with zero attached hydrogens (tertiary/aromatic N) is 3. The molecule has 0 bridgehead atoms. The Bertz CT molecular complexity index is 1100. The summed E-state index contributed by atoms with van der Waals surface area (Å²) in [6, 6.07) is 17.8. The van der Waals surface area contributed by atoms with Gasteiger partial charge in [-0.1, -0.05) is 36.4 Å². The van der Waals surface area contributed by atoms with Crippen molar-refractivity contribution in [3.05, 3.63) is 78.6 Å².